The largest absolute Gasteiger partial charge is 0.465 e. The second-order valence-electron chi connectivity index (χ2n) is 3.84. The van der Waals surface area contributed by atoms with Crippen LogP contribution in [0.4, 0.5) is 11.4 Å². The molecule has 1 atom stereocenters. The van der Waals surface area contributed by atoms with E-state index >= 15 is 0 Å². The molecule has 0 spiro atoms. The van der Waals surface area contributed by atoms with Crippen LogP contribution in [0.15, 0.2) is 10.5 Å². The third-order valence-corrected chi connectivity index (χ3v) is 3.38. The van der Waals surface area contributed by atoms with Crippen LogP contribution >= 0.6 is 15.9 Å². The highest BCUT2D eigenvalue weighted by Gasteiger charge is 2.27. The lowest BCUT2D eigenvalue weighted by molar-refractivity contribution is -0.146. The molecule has 3 N–H and O–H groups in total. The fourth-order valence-corrected chi connectivity index (χ4v) is 2.24. The first kappa shape index (κ1) is 16.0. The molecule has 0 heterocycles. The summed E-state index contributed by atoms with van der Waals surface area (Å²) in [6.45, 7) is 1.79. The van der Waals surface area contributed by atoms with Gasteiger partial charge in [-0.25, -0.2) is 0 Å². The third-order valence-electron chi connectivity index (χ3n) is 2.72. The molecular formula is C13H14BrN3O3. The van der Waals surface area contributed by atoms with Gasteiger partial charge in [-0.15, -0.1) is 0 Å². The summed E-state index contributed by atoms with van der Waals surface area (Å²) < 4.78 is 5.34. The summed E-state index contributed by atoms with van der Waals surface area (Å²) in [7, 11) is 1.60. The van der Waals surface area contributed by atoms with E-state index in [0.717, 1.165) is 0 Å². The average molecular weight is 340 g/mol. The van der Waals surface area contributed by atoms with Crippen LogP contribution in [-0.2, 0) is 14.3 Å². The number of hydrogen-bond acceptors (Lipinski definition) is 6. The predicted octanol–water partition coefficient (Wildman–Crippen LogP) is 1.79. The van der Waals surface area contributed by atoms with Crippen molar-refractivity contribution in [3.05, 3.63) is 21.7 Å². The Balaban J connectivity index is 3.51. The summed E-state index contributed by atoms with van der Waals surface area (Å²) >= 11 is 3.24. The SMILES string of the molecule is CCOC(=O)C(C=O)c1cc(Br)c(N)c(NC)c1C#N. The van der Waals surface area contributed by atoms with Gasteiger partial charge in [0.25, 0.3) is 0 Å². The van der Waals surface area contributed by atoms with Gasteiger partial charge in [-0.1, -0.05) is 0 Å². The molecule has 0 aliphatic heterocycles. The number of anilines is 2. The highest BCUT2D eigenvalue weighted by atomic mass is 79.9. The van der Waals surface area contributed by atoms with Gasteiger partial charge < -0.3 is 20.6 Å². The van der Waals surface area contributed by atoms with Crippen molar-refractivity contribution in [2.45, 2.75) is 12.8 Å². The fourth-order valence-electron chi connectivity index (χ4n) is 1.80. The van der Waals surface area contributed by atoms with Gasteiger partial charge in [0.05, 0.1) is 23.5 Å². The predicted molar refractivity (Wildman–Crippen MR) is 78.3 cm³/mol. The Kier molecular flexibility index (Phi) is 5.53. The second kappa shape index (κ2) is 6.91. The van der Waals surface area contributed by atoms with E-state index in [9.17, 15) is 14.9 Å². The zero-order valence-electron chi connectivity index (χ0n) is 11.1. The number of carbonyl (C=O) groups is 2. The van der Waals surface area contributed by atoms with Gasteiger partial charge in [0.2, 0.25) is 0 Å². The highest BCUT2D eigenvalue weighted by Crippen LogP contribution is 2.36. The number of carbonyl (C=O) groups excluding carboxylic acids is 2. The molecule has 1 aromatic rings. The van der Waals surface area contributed by atoms with Crippen LogP contribution in [0.1, 0.15) is 24.0 Å². The molecule has 1 aromatic carbocycles. The molecule has 0 aliphatic carbocycles. The van der Waals surface area contributed by atoms with Crippen LogP contribution in [0, 0.1) is 11.3 Å². The number of nitrogens with zero attached hydrogens (tertiary/aromatic N) is 1. The Morgan fingerprint density at radius 2 is 2.35 bits per heavy atom. The molecule has 0 aromatic heterocycles. The normalized spacial score (nSPS) is 11.3. The van der Waals surface area contributed by atoms with E-state index < -0.39 is 11.9 Å². The van der Waals surface area contributed by atoms with Gasteiger partial charge >= 0.3 is 5.97 Å². The van der Waals surface area contributed by atoms with Crippen molar-refractivity contribution in [1.29, 1.82) is 5.26 Å². The Morgan fingerprint density at radius 1 is 1.70 bits per heavy atom. The maximum absolute atomic E-state index is 11.8. The van der Waals surface area contributed by atoms with Crippen LogP contribution in [0.25, 0.3) is 0 Å². The van der Waals surface area contributed by atoms with Crippen molar-refractivity contribution >= 4 is 39.6 Å². The van der Waals surface area contributed by atoms with Gasteiger partial charge in [-0.3, -0.25) is 4.79 Å². The quantitative estimate of drug-likeness (QED) is 0.366. The fraction of sp³-hybridized carbons (Fsp3) is 0.308. The van der Waals surface area contributed by atoms with Gasteiger partial charge in [0.1, 0.15) is 18.3 Å². The molecule has 1 rings (SSSR count). The number of ether oxygens (including phenoxy) is 1. The van der Waals surface area contributed by atoms with Crippen LogP contribution < -0.4 is 11.1 Å². The van der Waals surface area contributed by atoms with E-state index in [1.807, 2.05) is 6.07 Å². The first-order valence-corrected chi connectivity index (χ1v) is 6.62. The summed E-state index contributed by atoms with van der Waals surface area (Å²) in [5, 5.41) is 12.1. The maximum atomic E-state index is 11.8. The van der Waals surface area contributed by atoms with Crippen LogP contribution in [-0.4, -0.2) is 25.9 Å². The van der Waals surface area contributed by atoms with Crippen molar-refractivity contribution < 1.29 is 14.3 Å². The molecule has 0 fully saturated rings. The Labute approximate surface area is 125 Å². The average Bonchev–Trinajstić information content (AvgIpc) is 2.43. The first-order valence-electron chi connectivity index (χ1n) is 5.83. The van der Waals surface area contributed by atoms with Gasteiger partial charge in [-0.2, -0.15) is 5.26 Å². The molecule has 0 bridgehead atoms. The minimum atomic E-state index is -1.16. The Morgan fingerprint density at radius 3 is 2.80 bits per heavy atom. The molecule has 7 heteroatoms. The Hall–Kier alpha value is -2.07. The van der Waals surface area contributed by atoms with Crippen molar-refractivity contribution in [3.8, 4) is 6.07 Å². The molecule has 106 valence electrons. The minimum absolute atomic E-state index is 0.151. The van der Waals surface area contributed by atoms with Crippen molar-refractivity contribution in [2.75, 3.05) is 24.7 Å². The zero-order chi connectivity index (χ0) is 15.3. The smallest absolute Gasteiger partial charge is 0.320 e. The first-order chi connectivity index (χ1) is 9.51. The van der Waals surface area contributed by atoms with Gasteiger partial charge in [0.15, 0.2) is 0 Å². The summed E-state index contributed by atoms with van der Waals surface area (Å²) in [5.41, 5.74) is 6.96. The maximum Gasteiger partial charge on any atom is 0.320 e. The summed E-state index contributed by atoms with van der Waals surface area (Å²) in [6.07, 6.45) is 0.455. The van der Waals surface area contributed by atoms with E-state index in [0.29, 0.717) is 22.1 Å². The molecule has 6 nitrogen and oxygen atoms in total. The molecule has 20 heavy (non-hydrogen) atoms. The second-order valence-corrected chi connectivity index (χ2v) is 4.69. The molecule has 1 unspecified atom stereocenters. The molecular weight excluding hydrogens is 326 g/mol. The Bertz CT molecular complexity index is 581. The minimum Gasteiger partial charge on any atom is -0.465 e. The summed E-state index contributed by atoms with van der Waals surface area (Å²) in [6, 6.07) is 3.46. The lowest BCUT2D eigenvalue weighted by Gasteiger charge is -2.17. The lowest BCUT2D eigenvalue weighted by Crippen LogP contribution is -2.19. The van der Waals surface area contributed by atoms with E-state index in [2.05, 4.69) is 21.2 Å². The summed E-state index contributed by atoms with van der Waals surface area (Å²) in [5.74, 6) is -1.86. The number of nitrogens with one attached hydrogen (secondary N) is 1. The van der Waals surface area contributed by atoms with Crippen molar-refractivity contribution in [2.24, 2.45) is 0 Å². The van der Waals surface area contributed by atoms with Crippen molar-refractivity contribution in [1.82, 2.24) is 0 Å². The number of nitriles is 1. The van der Waals surface area contributed by atoms with Crippen LogP contribution in [0.5, 0.6) is 0 Å². The number of nitrogens with two attached hydrogens (primary N) is 1. The molecule has 0 radical (unpaired) electrons. The van der Waals surface area contributed by atoms with E-state index in [-0.39, 0.29) is 17.7 Å². The lowest BCUT2D eigenvalue weighted by atomic mass is 9.94. The molecule has 0 amide bonds. The molecule has 0 saturated heterocycles. The number of rotatable bonds is 5. The number of halogens is 1. The van der Waals surface area contributed by atoms with Crippen LogP contribution in [0.2, 0.25) is 0 Å². The number of nitrogen functional groups attached to an aromatic ring is 1. The molecule has 0 aliphatic rings. The van der Waals surface area contributed by atoms with E-state index in [4.69, 9.17) is 10.5 Å². The van der Waals surface area contributed by atoms with Crippen LogP contribution in [0.3, 0.4) is 0 Å². The van der Waals surface area contributed by atoms with E-state index in [1.54, 1.807) is 14.0 Å². The zero-order valence-corrected chi connectivity index (χ0v) is 12.7. The monoisotopic (exact) mass is 339 g/mol. The van der Waals surface area contributed by atoms with Gasteiger partial charge in [-0.05, 0) is 34.5 Å². The van der Waals surface area contributed by atoms with Gasteiger partial charge in [0, 0.05) is 11.5 Å². The number of aldehydes is 1. The highest BCUT2D eigenvalue weighted by molar-refractivity contribution is 9.10. The number of benzene rings is 1. The molecule has 0 saturated carbocycles. The number of esters is 1. The standard InChI is InChI=1S/C13H14BrN3O3/c1-3-20-13(19)9(6-18)7-4-10(14)11(16)12(17-2)8(7)5-15/h4,6,9,17H,3,16H2,1-2H3. The number of hydrogen-bond donors (Lipinski definition) is 2. The van der Waals surface area contributed by atoms with Crippen molar-refractivity contribution in [3.63, 3.8) is 0 Å². The topological polar surface area (TPSA) is 105 Å². The van der Waals surface area contributed by atoms with E-state index in [1.165, 1.54) is 6.07 Å². The summed E-state index contributed by atoms with van der Waals surface area (Å²) in [4.78, 5) is 23.0. The third kappa shape index (κ3) is 2.91.